The first kappa shape index (κ1) is 44.2. The van der Waals surface area contributed by atoms with E-state index in [-0.39, 0.29) is 43.3 Å². The molecule has 7 rings (SSSR count). The lowest BCUT2D eigenvalue weighted by atomic mass is 9.71. The van der Waals surface area contributed by atoms with Crippen LogP contribution in [0.4, 0.5) is 0 Å². The molecular weight excluding hydrogens is 789 g/mol. The highest BCUT2D eigenvalue weighted by Crippen LogP contribution is 2.48. The standard InChI is InChI=1S/C47H72O14/c1-24(2)41-27(5)16-17-46(61-41)22-33-19-32(60-46)15-14-26(4)42(25(3)12-11-13-31-23-54-44-39(48)28(6)18-34(45(50)57-33)47(31,44)51)58-38-21-36(53-10)43(30(8)56-38)59-37-20-35(52-9)40(49)29(7)55-37/h11-14,18,24-25,27,29-30,32-44,48-49,51H,15-17,19-23H2,1-10H3/b12-11+,26-14+,31-13?/t25-,27-,29-,30-,32+,33-,34-,35-,36-,37-,38-,39+,40-,41+,42-,43-,44+,46+,47+/m0/s1/i16D,17D/t16?,17?,25-,27-,29-,30-,32+,33-,34-,35-,36-,37-,38-,39+,40-,41+,42-,43-,44+,46+,47+. The predicted octanol–water partition coefficient (Wildman–Crippen LogP) is 5.21. The van der Waals surface area contributed by atoms with Crippen LogP contribution in [0.3, 0.4) is 0 Å². The molecule has 61 heavy (non-hydrogen) atoms. The molecule has 0 saturated carbocycles. The molecule has 6 heterocycles. The first-order valence-corrected chi connectivity index (χ1v) is 22.3. The summed E-state index contributed by atoms with van der Waals surface area (Å²) < 4.78 is 81.8. The highest BCUT2D eigenvalue weighted by molar-refractivity contribution is 5.78. The van der Waals surface area contributed by atoms with Crippen LogP contribution in [0.25, 0.3) is 0 Å². The summed E-state index contributed by atoms with van der Waals surface area (Å²) in [6, 6.07) is 0. The molecule has 2 bridgehead atoms. The Balaban J connectivity index is 1.20. The minimum Gasteiger partial charge on any atom is -0.462 e. The Morgan fingerprint density at radius 1 is 0.918 bits per heavy atom. The summed E-state index contributed by atoms with van der Waals surface area (Å²) in [4.78, 5) is 14.4. The van der Waals surface area contributed by atoms with Crippen molar-refractivity contribution >= 4 is 5.97 Å². The van der Waals surface area contributed by atoms with Crippen LogP contribution in [0.1, 0.15) is 103 Å². The van der Waals surface area contributed by atoms with Crippen LogP contribution in [0.2, 0.25) is 0 Å². The maximum absolute atomic E-state index is 14.4. The number of ether oxygens (including phenoxy) is 10. The molecule has 1 aliphatic carbocycles. The summed E-state index contributed by atoms with van der Waals surface area (Å²) in [7, 11) is 3.19. The van der Waals surface area contributed by atoms with Crippen LogP contribution in [-0.2, 0) is 52.2 Å². The Bertz CT molecular complexity index is 1740. The third kappa shape index (κ3) is 9.67. The van der Waals surface area contributed by atoms with Gasteiger partial charge < -0.3 is 62.7 Å². The number of carbonyl (C=O) groups excluding carboxylic acids is 1. The van der Waals surface area contributed by atoms with Gasteiger partial charge in [-0.15, -0.1) is 0 Å². The molecule has 7 aliphatic rings. The second-order valence-electron chi connectivity index (χ2n) is 18.8. The molecule has 0 aromatic rings. The van der Waals surface area contributed by atoms with E-state index in [1.54, 1.807) is 40.2 Å². The summed E-state index contributed by atoms with van der Waals surface area (Å²) >= 11 is 0. The largest absolute Gasteiger partial charge is 0.462 e. The van der Waals surface area contributed by atoms with E-state index in [0.29, 0.717) is 30.4 Å². The highest BCUT2D eigenvalue weighted by Gasteiger charge is 2.60. The number of aliphatic hydroxyl groups is 3. The van der Waals surface area contributed by atoms with E-state index in [2.05, 4.69) is 6.08 Å². The molecule has 2 unspecified atom stereocenters. The van der Waals surface area contributed by atoms with Gasteiger partial charge in [-0.25, -0.2) is 0 Å². The molecule has 0 radical (unpaired) electrons. The van der Waals surface area contributed by atoms with Crippen molar-refractivity contribution in [2.45, 2.75) is 198 Å². The SMILES string of the molecule is [2H]C1C([2H])[C@]2(C[C@@H]3C[C@@H](C/C=C(\C)[C@@H](O[C@H]4C[C@H](OC)[C@@H](O[C@H]5C[C@H](OC)[C@@H](O)[C@H](C)O5)[C@H](C)O4)[C@@H](C)/C=C/C=C4CO[C@@H]5[C@H](O)C(C)=C[C@@H](C(=O)O3)[C@]45O)O2)O[C@H](C(C)C)[C@H]1C. The van der Waals surface area contributed by atoms with Gasteiger partial charge in [0.15, 0.2) is 18.4 Å². The minimum atomic E-state index is -1.90. The molecule has 14 nitrogen and oxygen atoms in total. The third-order valence-corrected chi connectivity index (χ3v) is 14.0. The smallest absolute Gasteiger partial charge is 0.316 e. The Morgan fingerprint density at radius 3 is 2.34 bits per heavy atom. The molecule has 21 atom stereocenters. The van der Waals surface area contributed by atoms with Crippen LogP contribution < -0.4 is 0 Å². The molecule has 1 spiro atoms. The number of fused-ring (bicyclic) bond motifs is 2. The molecule has 344 valence electrons. The number of rotatable bonds is 7. The summed E-state index contributed by atoms with van der Waals surface area (Å²) in [5, 5.41) is 34.2. The molecule has 3 N–H and O–H groups in total. The molecule has 6 aliphatic heterocycles. The van der Waals surface area contributed by atoms with Crippen LogP contribution >= 0.6 is 0 Å². The van der Waals surface area contributed by atoms with Crippen molar-refractivity contribution < 1.29 is 70.2 Å². The lowest BCUT2D eigenvalue weighted by molar-refractivity contribution is -0.340. The molecule has 5 saturated heterocycles. The summed E-state index contributed by atoms with van der Waals surface area (Å²) in [6.07, 6.45) is -0.211. The van der Waals surface area contributed by atoms with Crippen molar-refractivity contribution in [1.82, 2.24) is 0 Å². The van der Waals surface area contributed by atoms with E-state index in [1.165, 1.54) is 0 Å². The van der Waals surface area contributed by atoms with E-state index in [9.17, 15) is 21.5 Å². The van der Waals surface area contributed by atoms with Crippen molar-refractivity contribution in [3.05, 3.63) is 47.1 Å². The van der Waals surface area contributed by atoms with Gasteiger partial charge >= 0.3 is 5.97 Å². The number of allylic oxidation sites excluding steroid dienone is 2. The van der Waals surface area contributed by atoms with Gasteiger partial charge in [-0.1, -0.05) is 58.1 Å². The van der Waals surface area contributed by atoms with Crippen molar-refractivity contribution in [3.63, 3.8) is 0 Å². The zero-order valence-corrected chi connectivity index (χ0v) is 37.5. The van der Waals surface area contributed by atoms with Gasteiger partial charge in [-0.2, -0.15) is 0 Å². The number of hydrogen-bond acceptors (Lipinski definition) is 14. The van der Waals surface area contributed by atoms with Gasteiger partial charge in [0.25, 0.3) is 0 Å². The van der Waals surface area contributed by atoms with Crippen molar-refractivity contribution in [2.24, 2.45) is 23.7 Å². The highest BCUT2D eigenvalue weighted by atomic mass is 16.7. The van der Waals surface area contributed by atoms with E-state index >= 15 is 0 Å². The van der Waals surface area contributed by atoms with Crippen molar-refractivity contribution in [1.29, 1.82) is 0 Å². The molecule has 0 amide bonds. The molecule has 0 aromatic carbocycles. The maximum atomic E-state index is 14.4. The quantitative estimate of drug-likeness (QED) is 0.225. The number of aliphatic hydroxyl groups excluding tert-OH is 2. The van der Waals surface area contributed by atoms with Gasteiger partial charge in [0.2, 0.25) is 0 Å². The predicted molar refractivity (Wildman–Crippen MR) is 223 cm³/mol. The first-order chi connectivity index (χ1) is 29.8. The fourth-order valence-corrected chi connectivity index (χ4v) is 10.4. The average Bonchev–Trinajstić information content (AvgIpc) is 3.58. The lowest BCUT2D eigenvalue weighted by Crippen LogP contribution is -2.58. The number of carbonyl (C=O) groups is 1. The molecule has 5 fully saturated rings. The van der Waals surface area contributed by atoms with E-state index in [0.717, 1.165) is 5.57 Å². The van der Waals surface area contributed by atoms with E-state index in [4.69, 9.17) is 48.7 Å². The van der Waals surface area contributed by atoms with Crippen molar-refractivity contribution in [3.8, 4) is 0 Å². The van der Waals surface area contributed by atoms with Crippen LogP contribution in [0.5, 0.6) is 0 Å². The van der Waals surface area contributed by atoms with Crippen LogP contribution in [0, 0.1) is 23.7 Å². The van der Waals surface area contributed by atoms with E-state index in [1.807, 2.05) is 53.7 Å². The summed E-state index contributed by atoms with van der Waals surface area (Å²) in [5.74, 6) is -3.82. The number of methoxy groups -OCH3 is 2. The van der Waals surface area contributed by atoms with Crippen molar-refractivity contribution in [2.75, 3.05) is 20.8 Å². The monoisotopic (exact) mass is 863 g/mol. The van der Waals surface area contributed by atoms with Gasteiger partial charge in [0.05, 0.1) is 49.3 Å². The van der Waals surface area contributed by atoms with Crippen LogP contribution in [-0.4, -0.2) is 139 Å². The second-order valence-corrected chi connectivity index (χ2v) is 18.8. The average molecular weight is 863 g/mol. The second kappa shape index (κ2) is 19.2. The van der Waals surface area contributed by atoms with Gasteiger partial charge in [0.1, 0.15) is 42.0 Å². The molecule has 14 heteroatoms. The topological polar surface area (TPSA) is 170 Å². The number of hydrogen-bond donors (Lipinski definition) is 3. The van der Waals surface area contributed by atoms with Gasteiger partial charge in [0, 0.05) is 55.0 Å². The van der Waals surface area contributed by atoms with Gasteiger partial charge in [-0.3, -0.25) is 4.79 Å². The Kier molecular flexibility index (Phi) is 13.9. The third-order valence-electron chi connectivity index (χ3n) is 14.0. The maximum Gasteiger partial charge on any atom is 0.316 e. The fraction of sp³-hybridized carbons (Fsp3) is 0.809. The normalized spacial score (nSPS) is 51.6. The summed E-state index contributed by atoms with van der Waals surface area (Å²) in [6.45, 7) is 15.4. The molecule has 0 aromatic heterocycles. The van der Waals surface area contributed by atoms with Crippen LogP contribution in [0.15, 0.2) is 47.1 Å². The first-order valence-electron chi connectivity index (χ1n) is 23.5. The zero-order chi connectivity index (χ0) is 45.7. The molecular formula is C47H72O14. The zero-order valence-electron chi connectivity index (χ0n) is 39.5. The summed E-state index contributed by atoms with van der Waals surface area (Å²) in [5.41, 5.74) is -0.0969. The lowest BCUT2D eigenvalue weighted by Gasteiger charge is -2.50. The Hall–Kier alpha value is -2.05. The van der Waals surface area contributed by atoms with Gasteiger partial charge in [-0.05, 0) is 69.1 Å². The minimum absolute atomic E-state index is 0.00977. The Labute approximate surface area is 364 Å². The number of esters is 1. The van der Waals surface area contributed by atoms with E-state index < -0.39 is 116 Å². The Morgan fingerprint density at radius 2 is 1.62 bits per heavy atom. The fourth-order valence-electron chi connectivity index (χ4n) is 10.4.